The third-order valence-electron chi connectivity index (χ3n) is 3.49. The molecule has 0 amide bonds. The highest BCUT2D eigenvalue weighted by atomic mass is 15.1. The summed E-state index contributed by atoms with van der Waals surface area (Å²) in [4.78, 5) is 2.61. The molecular formula is C16H29N. The molecule has 0 spiro atoms. The van der Waals surface area contributed by atoms with Gasteiger partial charge in [-0.1, -0.05) is 36.1 Å². The Kier molecular flexibility index (Phi) is 7.27. The maximum atomic E-state index is 2.61. The summed E-state index contributed by atoms with van der Waals surface area (Å²) in [5.41, 5.74) is 2.98. The van der Waals surface area contributed by atoms with Gasteiger partial charge < -0.3 is 0 Å². The van der Waals surface area contributed by atoms with Gasteiger partial charge in [0.1, 0.15) is 0 Å². The lowest BCUT2D eigenvalue weighted by Gasteiger charge is -2.17. The molecule has 1 saturated heterocycles. The van der Waals surface area contributed by atoms with E-state index in [4.69, 9.17) is 0 Å². The molecule has 17 heavy (non-hydrogen) atoms. The van der Waals surface area contributed by atoms with E-state index in [1.807, 2.05) is 0 Å². The normalized spacial score (nSPS) is 18.9. The van der Waals surface area contributed by atoms with Crippen molar-refractivity contribution in [3.63, 3.8) is 0 Å². The number of allylic oxidation sites excluding steroid dienone is 3. The Morgan fingerprint density at radius 2 is 1.59 bits per heavy atom. The summed E-state index contributed by atoms with van der Waals surface area (Å²) in [7, 11) is 0. The number of hydrogen-bond acceptors (Lipinski definition) is 1. The van der Waals surface area contributed by atoms with Crippen LogP contribution in [0.25, 0.3) is 0 Å². The Morgan fingerprint density at radius 1 is 0.941 bits per heavy atom. The molecule has 0 aliphatic carbocycles. The minimum absolute atomic E-state index is 1.17. The van der Waals surface area contributed by atoms with Gasteiger partial charge in [0.15, 0.2) is 0 Å². The van der Waals surface area contributed by atoms with Gasteiger partial charge in [-0.3, -0.25) is 4.90 Å². The standard InChI is InChI=1S/C16H29N/c1-15(2)9-8-10-16(3)11-14-17-12-6-4-5-7-13-17/h9,11H,4-8,10,12-14H2,1-3H3/b16-11+. The van der Waals surface area contributed by atoms with E-state index in [0.717, 1.165) is 0 Å². The fourth-order valence-electron chi connectivity index (χ4n) is 2.29. The highest BCUT2D eigenvalue weighted by Crippen LogP contribution is 2.11. The van der Waals surface area contributed by atoms with Crippen molar-refractivity contribution in [1.29, 1.82) is 0 Å². The van der Waals surface area contributed by atoms with Crippen molar-refractivity contribution in [3.8, 4) is 0 Å². The summed E-state index contributed by atoms with van der Waals surface area (Å²) in [5.74, 6) is 0. The van der Waals surface area contributed by atoms with Crippen LogP contribution in [0.5, 0.6) is 0 Å². The van der Waals surface area contributed by atoms with Crippen molar-refractivity contribution >= 4 is 0 Å². The number of likely N-dealkylation sites (tertiary alicyclic amines) is 1. The van der Waals surface area contributed by atoms with Crippen molar-refractivity contribution in [1.82, 2.24) is 4.90 Å². The highest BCUT2D eigenvalue weighted by Gasteiger charge is 2.06. The largest absolute Gasteiger partial charge is 0.300 e. The van der Waals surface area contributed by atoms with Gasteiger partial charge >= 0.3 is 0 Å². The summed E-state index contributed by atoms with van der Waals surface area (Å²) in [6, 6.07) is 0. The first-order chi connectivity index (χ1) is 8.18. The summed E-state index contributed by atoms with van der Waals surface area (Å²) < 4.78 is 0. The SMILES string of the molecule is CC(C)=CCC/C(C)=C/CN1CCCCCC1. The molecular weight excluding hydrogens is 206 g/mol. The van der Waals surface area contributed by atoms with Crippen LogP contribution in [0.4, 0.5) is 0 Å². The molecule has 1 rings (SSSR count). The van der Waals surface area contributed by atoms with E-state index in [1.54, 1.807) is 5.57 Å². The van der Waals surface area contributed by atoms with Crippen molar-refractivity contribution in [2.24, 2.45) is 0 Å². The molecule has 0 N–H and O–H groups in total. The molecule has 98 valence electrons. The van der Waals surface area contributed by atoms with Crippen LogP contribution in [0.2, 0.25) is 0 Å². The van der Waals surface area contributed by atoms with Crippen LogP contribution in [-0.2, 0) is 0 Å². The zero-order chi connectivity index (χ0) is 12.5. The molecule has 1 nitrogen and oxygen atoms in total. The molecule has 0 aromatic heterocycles. The van der Waals surface area contributed by atoms with Crippen molar-refractivity contribution < 1.29 is 0 Å². The first kappa shape index (κ1) is 14.5. The van der Waals surface area contributed by atoms with E-state index < -0.39 is 0 Å². The monoisotopic (exact) mass is 235 g/mol. The molecule has 1 fully saturated rings. The van der Waals surface area contributed by atoms with E-state index in [-0.39, 0.29) is 0 Å². The maximum Gasteiger partial charge on any atom is 0.0165 e. The van der Waals surface area contributed by atoms with Gasteiger partial charge in [0, 0.05) is 6.54 Å². The predicted octanol–water partition coefficient (Wildman–Crippen LogP) is 4.56. The summed E-state index contributed by atoms with van der Waals surface area (Å²) >= 11 is 0. The Morgan fingerprint density at radius 3 is 2.18 bits per heavy atom. The minimum atomic E-state index is 1.17. The van der Waals surface area contributed by atoms with Gasteiger partial charge in [-0.05, 0) is 59.5 Å². The predicted molar refractivity (Wildman–Crippen MR) is 77.3 cm³/mol. The first-order valence-corrected chi connectivity index (χ1v) is 7.20. The van der Waals surface area contributed by atoms with Crippen LogP contribution in [0, 0.1) is 0 Å². The molecule has 1 heteroatoms. The Hall–Kier alpha value is -0.560. The van der Waals surface area contributed by atoms with Gasteiger partial charge in [-0.25, -0.2) is 0 Å². The molecule has 0 radical (unpaired) electrons. The van der Waals surface area contributed by atoms with E-state index in [0.29, 0.717) is 0 Å². The third-order valence-corrected chi connectivity index (χ3v) is 3.49. The second kappa shape index (κ2) is 8.52. The lowest BCUT2D eigenvalue weighted by molar-refractivity contribution is 0.315. The molecule has 0 atom stereocenters. The fourth-order valence-corrected chi connectivity index (χ4v) is 2.29. The number of nitrogens with zero attached hydrogens (tertiary/aromatic N) is 1. The van der Waals surface area contributed by atoms with Crippen molar-refractivity contribution in [3.05, 3.63) is 23.3 Å². The van der Waals surface area contributed by atoms with Crippen molar-refractivity contribution in [2.45, 2.75) is 59.3 Å². The lowest BCUT2D eigenvalue weighted by Crippen LogP contribution is -2.24. The van der Waals surface area contributed by atoms with Crippen LogP contribution in [0.3, 0.4) is 0 Å². The molecule has 0 aromatic carbocycles. The lowest BCUT2D eigenvalue weighted by atomic mass is 10.1. The van der Waals surface area contributed by atoms with Crippen molar-refractivity contribution in [2.75, 3.05) is 19.6 Å². The van der Waals surface area contributed by atoms with E-state index in [2.05, 4.69) is 37.8 Å². The summed E-state index contributed by atoms with van der Waals surface area (Å²) in [5, 5.41) is 0. The maximum absolute atomic E-state index is 2.61. The van der Waals surface area contributed by atoms with Gasteiger partial charge in [0.2, 0.25) is 0 Å². The van der Waals surface area contributed by atoms with Crippen LogP contribution in [0.1, 0.15) is 59.3 Å². The minimum Gasteiger partial charge on any atom is -0.300 e. The van der Waals surface area contributed by atoms with E-state index >= 15 is 0 Å². The van der Waals surface area contributed by atoms with Crippen LogP contribution >= 0.6 is 0 Å². The van der Waals surface area contributed by atoms with Gasteiger partial charge in [-0.15, -0.1) is 0 Å². The molecule has 0 aromatic rings. The first-order valence-electron chi connectivity index (χ1n) is 7.20. The van der Waals surface area contributed by atoms with Gasteiger partial charge in [-0.2, -0.15) is 0 Å². The molecule has 0 saturated carbocycles. The quantitative estimate of drug-likeness (QED) is 0.632. The smallest absolute Gasteiger partial charge is 0.0165 e. The molecule has 1 aliphatic heterocycles. The molecule has 1 aliphatic rings. The van der Waals surface area contributed by atoms with Gasteiger partial charge in [0.25, 0.3) is 0 Å². The van der Waals surface area contributed by atoms with E-state index in [9.17, 15) is 0 Å². The summed E-state index contributed by atoms with van der Waals surface area (Å²) in [6.45, 7) is 10.4. The summed E-state index contributed by atoms with van der Waals surface area (Å²) in [6.07, 6.45) is 12.8. The Bertz CT molecular complexity index is 251. The van der Waals surface area contributed by atoms with Crippen LogP contribution < -0.4 is 0 Å². The van der Waals surface area contributed by atoms with Crippen LogP contribution in [-0.4, -0.2) is 24.5 Å². The second-order valence-corrected chi connectivity index (χ2v) is 5.59. The Labute approximate surface area is 108 Å². The number of hydrogen-bond donors (Lipinski definition) is 0. The topological polar surface area (TPSA) is 3.24 Å². The van der Waals surface area contributed by atoms with E-state index in [1.165, 1.54) is 63.7 Å². The average molecular weight is 235 g/mol. The van der Waals surface area contributed by atoms with Gasteiger partial charge in [0.05, 0.1) is 0 Å². The van der Waals surface area contributed by atoms with Crippen LogP contribution in [0.15, 0.2) is 23.3 Å². The highest BCUT2D eigenvalue weighted by molar-refractivity contribution is 5.03. The third kappa shape index (κ3) is 7.38. The Balaban J connectivity index is 2.23. The number of rotatable bonds is 5. The molecule has 0 bridgehead atoms. The molecule has 0 unspecified atom stereocenters. The average Bonchev–Trinajstić information content (AvgIpc) is 2.54. The second-order valence-electron chi connectivity index (χ2n) is 5.59. The fraction of sp³-hybridized carbons (Fsp3) is 0.750. The molecule has 1 heterocycles. The zero-order valence-electron chi connectivity index (χ0n) is 12.0. The zero-order valence-corrected chi connectivity index (χ0v) is 12.0.